The second kappa shape index (κ2) is 7.25. The van der Waals surface area contributed by atoms with Crippen molar-refractivity contribution >= 4 is 5.97 Å². The number of nitrogens with two attached hydrogens (primary N) is 1. The zero-order chi connectivity index (χ0) is 15.3. The second-order valence-corrected chi connectivity index (χ2v) is 7.05. The molecule has 0 spiro atoms. The average molecular weight is 272 g/mol. The summed E-state index contributed by atoms with van der Waals surface area (Å²) in [5.74, 6) is 0.248. The van der Waals surface area contributed by atoms with Gasteiger partial charge < -0.3 is 15.4 Å². The van der Waals surface area contributed by atoms with Gasteiger partial charge in [-0.15, -0.1) is 0 Å². The van der Waals surface area contributed by atoms with E-state index in [9.17, 15) is 4.79 Å². The topological polar surface area (TPSA) is 55.6 Å². The molecular weight excluding hydrogens is 240 g/mol. The highest BCUT2D eigenvalue weighted by Gasteiger charge is 2.32. The predicted octanol–water partition coefficient (Wildman–Crippen LogP) is 2.41. The Morgan fingerprint density at radius 1 is 1.32 bits per heavy atom. The summed E-state index contributed by atoms with van der Waals surface area (Å²) in [7, 11) is 2.02. The Bertz CT molecular complexity index is 284. The van der Waals surface area contributed by atoms with Crippen LogP contribution in [-0.2, 0) is 9.53 Å². The predicted molar refractivity (Wildman–Crippen MR) is 80.0 cm³/mol. The molecule has 4 heteroatoms. The first-order valence-electron chi connectivity index (χ1n) is 7.16. The van der Waals surface area contributed by atoms with Gasteiger partial charge in [0.2, 0.25) is 0 Å². The van der Waals surface area contributed by atoms with Gasteiger partial charge >= 0.3 is 5.97 Å². The third-order valence-electron chi connectivity index (χ3n) is 2.86. The van der Waals surface area contributed by atoms with Crippen molar-refractivity contribution in [1.29, 1.82) is 0 Å². The number of nitrogens with zero attached hydrogens (tertiary/aromatic N) is 1. The van der Waals surface area contributed by atoms with E-state index in [0.717, 1.165) is 13.0 Å². The fourth-order valence-corrected chi connectivity index (χ4v) is 2.32. The minimum atomic E-state index is -0.513. The number of hydrogen-bond acceptors (Lipinski definition) is 4. The highest BCUT2D eigenvalue weighted by atomic mass is 16.6. The monoisotopic (exact) mass is 272 g/mol. The zero-order valence-corrected chi connectivity index (χ0v) is 13.7. The Labute approximate surface area is 118 Å². The van der Waals surface area contributed by atoms with E-state index in [1.807, 2.05) is 27.8 Å². The lowest BCUT2D eigenvalue weighted by Gasteiger charge is -2.35. The number of rotatable bonds is 7. The number of carbonyl (C=O) groups is 1. The molecule has 0 aliphatic carbocycles. The Hall–Kier alpha value is -0.610. The van der Waals surface area contributed by atoms with Crippen molar-refractivity contribution < 1.29 is 9.53 Å². The Kier molecular flexibility index (Phi) is 7.01. The van der Waals surface area contributed by atoms with Crippen LogP contribution >= 0.6 is 0 Å². The number of likely N-dealkylation sites (N-methyl/N-ethyl adjacent to an activating group) is 1. The molecule has 0 saturated heterocycles. The van der Waals surface area contributed by atoms with Crippen LogP contribution in [0.3, 0.4) is 0 Å². The largest absolute Gasteiger partial charge is 0.460 e. The molecule has 0 aromatic carbocycles. The van der Waals surface area contributed by atoms with Crippen molar-refractivity contribution in [2.45, 2.75) is 65.5 Å². The third-order valence-corrected chi connectivity index (χ3v) is 2.86. The molecule has 1 unspecified atom stereocenters. The van der Waals surface area contributed by atoms with Crippen molar-refractivity contribution in [2.24, 2.45) is 11.7 Å². The maximum atomic E-state index is 12.0. The summed E-state index contributed by atoms with van der Waals surface area (Å²) in [6, 6.07) is 0. The molecule has 2 N–H and O–H groups in total. The van der Waals surface area contributed by atoms with E-state index < -0.39 is 11.1 Å². The van der Waals surface area contributed by atoms with Gasteiger partial charge in [-0.2, -0.15) is 0 Å². The lowest BCUT2D eigenvalue weighted by atomic mass is 9.86. The molecule has 0 heterocycles. The van der Waals surface area contributed by atoms with Crippen molar-refractivity contribution in [3.05, 3.63) is 0 Å². The van der Waals surface area contributed by atoms with E-state index in [-0.39, 0.29) is 12.4 Å². The van der Waals surface area contributed by atoms with Gasteiger partial charge in [-0.05, 0) is 46.7 Å². The van der Waals surface area contributed by atoms with Gasteiger partial charge in [0.15, 0.2) is 0 Å². The Morgan fingerprint density at radius 3 is 2.21 bits per heavy atom. The molecule has 0 aromatic rings. The molecule has 0 radical (unpaired) electrons. The van der Waals surface area contributed by atoms with Gasteiger partial charge in [0, 0.05) is 12.1 Å². The molecule has 4 nitrogen and oxygen atoms in total. The number of carbonyl (C=O) groups excluding carboxylic acids is 1. The summed E-state index contributed by atoms with van der Waals surface area (Å²) in [6.07, 6.45) is 1.09. The van der Waals surface area contributed by atoms with Crippen molar-refractivity contribution in [3.8, 4) is 0 Å². The summed E-state index contributed by atoms with van der Waals surface area (Å²) in [4.78, 5) is 14.2. The lowest BCUT2D eigenvalue weighted by molar-refractivity contribution is -0.156. The molecule has 0 aliphatic heterocycles. The van der Waals surface area contributed by atoms with Crippen LogP contribution in [0.15, 0.2) is 0 Å². The van der Waals surface area contributed by atoms with E-state index >= 15 is 0 Å². The number of hydrogen-bond donors (Lipinski definition) is 1. The molecule has 1 atom stereocenters. The van der Waals surface area contributed by atoms with Crippen LogP contribution in [0.5, 0.6) is 0 Å². The molecule has 0 rings (SSSR count). The van der Waals surface area contributed by atoms with E-state index in [1.54, 1.807) is 0 Å². The SMILES string of the molecule is CCN(C)CC(N)(CC(=O)OC(C)(C)C)CC(C)C. The first kappa shape index (κ1) is 18.4. The van der Waals surface area contributed by atoms with Crippen molar-refractivity contribution in [2.75, 3.05) is 20.1 Å². The molecule has 0 bridgehead atoms. The highest BCUT2D eigenvalue weighted by molar-refractivity contribution is 5.71. The van der Waals surface area contributed by atoms with Crippen LogP contribution in [0.4, 0.5) is 0 Å². The highest BCUT2D eigenvalue weighted by Crippen LogP contribution is 2.21. The van der Waals surface area contributed by atoms with Crippen LogP contribution in [0.1, 0.15) is 54.4 Å². The third kappa shape index (κ3) is 9.00. The summed E-state index contributed by atoms with van der Waals surface area (Å²) in [5, 5.41) is 0. The molecule has 114 valence electrons. The standard InChI is InChI=1S/C15H32N2O2/c1-8-17(7)11-15(16,9-12(2)3)10-13(18)19-14(4,5)6/h12H,8-11,16H2,1-7H3. The minimum Gasteiger partial charge on any atom is -0.460 e. The fraction of sp³-hybridized carbons (Fsp3) is 0.933. The summed E-state index contributed by atoms with van der Waals surface area (Å²) >= 11 is 0. The average Bonchev–Trinajstić information content (AvgIpc) is 2.11. The fourth-order valence-electron chi connectivity index (χ4n) is 2.32. The molecule has 0 fully saturated rings. The molecule has 0 aromatic heterocycles. The summed E-state index contributed by atoms with van der Waals surface area (Å²) < 4.78 is 5.39. The maximum absolute atomic E-state index is 12.0. The van der Waals surface area contributed by atoms with E-state index in [1.165, 1.54) is 0 Å². The molecule has 19 heavy (non-hydrogen) atoms. The van der Waals surface area contributed by atoms with Gasteiger partial charge in [0.05, 0.1) is 6.42 Å². The second-order valence-electron chi connectivity index (χ2n) is 7.05. The van der Waals surface area contributed by atoms with Crippen LogP contribution in [0.2, 0.25) is 0 Å². The molecule has 0 aliphatic rings. The zero-order valence-electron chi connectivity index (χ0n) is 13.7. The molecular formula is C15H32N2O2. The summed E-state index contributed by atoms with van der Waals surface area (Å²) in [6.45, 7) is 13.6. The van der Waals surface area contributed by atoms with Gasteiger partial charge in [-0.3, -0.25) is 4.79 Å². The van der Waals surface area contributed by atoms with Crippen LogP contribution in [0.25, 0.3) is 0 Å². The minimum absolute atomic E-state index is 0.208. The Balaban J connectivity index is 4.71. The van der Waals surface area contributed by atoms with Crippen molar-refractivity contribution in [3.63, 3.8) is 0 Å². The maximum Gasteiger partial charge on any atom is 0.308 e. The Morgan fingerprint density at radius 2 is 1.84 bits per heavy atom. The van der Waals surface area contributed by atoms with Gasteiger partial charge in [-0.25, -0.2) is 0 Å². The van der Waals surface area contributed by atoms with E-state index in [4.69, 9.17) is 10.5 Å². The van der Waals surface area contributed by atoms with E-state index in [2.05, 4.69) is 25.7 Å². The first-order valence-corrected chi connectivity index (χ1v) is 7.16. The number of ether oxygens (including phenoxy) is 1. The van der Waals surface area contributed by atoms with Gasteiger partial charge in [0.1, 0.15) is 5.60 Å². The van der Waals surface area contributed by atoms with Gasteiger partial charge in [0.25, 0.3) is 0 Å². The quantitative estimate of drug-likeness (QED) is 0.723. The van der Waals surface area contributed by atoms with Gasteiger partial charge in [-0.1, -0.05) is 20.8 Å². The smallest absolute Gasteiger partial charge is 0.308 e. The number of esters is 1. The first-order chi connectivity index (χ1) is 8.47. The van der Waals surface area contributed by atoms with Crippen LogP contribution in [0, 0.1) is 5.92 Å². The van der Waals surface area contributed by atoms with E-state index in [0.29, 0.717) is 12.5 Å². The normalized spacial score (nSPS) is 15.7. The molecule has 0 amide bonds. The van der Waals surface area contributed by atoms with Crippen LogP contribution < -0.4 is 5.73 Å². The lowest BCUT2D eigenvalue weighted by Crippen LogP contribution is -2.52. The molecule has 0 saturated carbocycles. The van der Waals surface area contributed by atoms with Crippen LogP contribution in [-0.4, -0.2) is 42.1 Å². The van der Waals surface area contributed by atoms with Crippen molar-refractivity contribution in [1.82, 2.24) is 4.90 Å². The summed E-state index contributed by atoms with van der Waals surface area (Å²) in [5.41, 5.74) is 5.49.